The summed E-state index contributed by atoms with van der Waals surface area (Å²) < 4.78 is 10.9. The predicted molar refractivity (Wildman–Crippen MR) is 79.3 cm³/mol. The lowest BCUT2D eigenvalue weighted by atomic mass is 10.0. The van der Waals surface area contributed by atoms with Crippen LogP contribution in [-0.4, -0.2) is 30.6 Å². The summed E-state index contributed by atoms with van der Waals surface area (Å²) in [6.07, 6.45) is 3.42. The molecule has 20 heavy (non-hydrogen) atoms. The lowest BCUT2D eigenvalue weighted by Crippen LogP contribution is -2.26. The molecule has 4 heteroatoms. The van der Waals surface area contributed by atoms with E-state index in [1.807, 2.05) is 20.8 Å². The first-order valence-corrected chi connectivity index (χ1v) is 7.18. The number of carbonyl (C=O) groups is 1. The van der Waals surface area contributed by atoms with Crippen molar-refractivity contribution in [3.8, 4) is 5.75 Å². The van der Waals surface area contributed by atoms with E-state index in [9.17, 15) is 4.79 Å². The predicted octanol–water partition coefficient (Wildman–Crippen LogP) is 3.02. The molecule has 0 amide bonds. The molecule has 1 heterocycles. The molecule has 112 valence electrons. The Morgan fingerprint density at radius 3 is 2.60 bits per heavy atom. The third-order valence-corrected chi connectivity index (χ3v) is 3.37. The minimum Gasteiger partial charge on any atom is -0.496 e. The quantitative estimate of drug-likeness (QED) is 0.734. The Labute approximate surface area is 121 Å². The number of hydrogen-bond donors (Lipinski definition) is 0. The summed E-state index contributed by atoms with van der Waals surface area (Å²) in [5.41, 5.74) is 2.70. The molecule has 1 rings (SSSR count). The van der Waals surface area contributed by atoms with Crippen LogP contribution in [-0.2, 0) is 16.0 Å². The maximum atomic E-state index is 12.3. The van der Waals surface area contributed by atoms with Crippen molar-refractivity contribution in [2.24, 2.45) is 0 Å². The molecule has 0 aliphatic rings. The van der Waals surface area contributed by atoms with Gasteiger partial charge in [-0.2, -0.15) is 0 Å². The number of rotatable bonds is 8. The second kappa shape index (κ2) is 8.00. The van der Waals surface area contributed by atoms with Gasteiger partial charge in [-0.3, -0.25) is 9.78 Å². The van der Waals surface area contributed by atoms with E-state index in [0.717, 1.165) is 35.4 Å². The van der Waals surface area contributed by atoms with Gasteiger partial charge in [-0.15, -0.1) is 0 Å². The van der Waals surface area contributed by atoms with Crippen molar-refractivity contribution in [2.45, 2.75) is 53.1 Å². The number of aryl methyl sites for hydroxylation is 1. The SMILES string of the molecule is CCCC(OCC)C(=O)Cc1ncc(C)c(OC)c1C. The zero-order valence-electron chi connectivity index (χ0n) is 13.2. The fraction of sp³-hybridized carbons (Fsp3) is 0.625. The molecule has 0 aliphatic carbocycles. The Hall–Kier alpha value is -1.42. The van der Waals surface area contributed by atoms with Crippen LogP contribution in [0.4, 0.5) is 0 Å². The molecule has 1 unspecified atom stereocenters. The molecule has 0 aromatic carbocycles. The largest absolute Gasteiger partial charge is 0.496 e. The first-order chi connectivity index (χ1) is 9.54. The van der Waals surface area contributed by atoms with Crippen molar-refractivity contribution in [1.29, 1.82) is 0 Å². The van der Waals surface area contributed by atoms with Crippen molar-refractivity contribution < 1.29 is 14.3 Å². The topological polar surface area (TPSA) is 48.4 Å². The molecule has 1 aromatic heterocycles. The number of pyridine rings is 1. The van der Waals surface area contributed by atoms with E-state index in [0.29, 0.717) is 13.0 Å². The van der Waals surface area contributed by atoms with E-state index in [2.05, 4.69) is 11.9 Å². The van der Waals surface area contributed by atoms with Crippen molar-refractivity contribution >= 4 is 5.78 Å². The Balaban J connectivity index is 2.89. The van der Waals surface area contributed by atoms with Gasteiger partial charge in [-0.25, -0.2) is 0 Å². The molecule has 1 aromatic rings. The Kier molecular flexibility index (Phi) is 6.65. The van der Waals surface area contributed by atoms with Crippen LogP contribution in [0.15, 0.2) is 6.20 Å². The van der Waals surface area contributed by atoms with Crippen molar-refractivity contribution in [3.05, 3.63) is 23.0 Å². The Bertz CT molecular complexity index is 451. The highest BCUT2D eigenvalue weighted by Gasteiger charge is 2.20. The van der Waals surface area contributed by atoms with E-state index >= 15 is 0 Å². The molecule has 0 fully saturated rings. The maximum absolute atomic E-state index is 12.3. The summed E-state index contributed by atoms with van der Waals surface area (Å²) >= 11 is 0. The molecule has 0 spiro atoms. The number of ether oxygens (including phenoxy) is 2. The van der Waals surface area contributed by atoms with E-state index < -0.39 is 0 Å². The molecular formula is C16H25NO3. The lowest BCUT2D eigenvalue weighted by Gasteiger charge is -2.16. The first-order valence-electron chi connectivity index (χ1n) is 7.18. The monoisotopic (exact) mass is 279 g/mol. The van der Waals surface area contributed by atoms with E-state index in [1.54, 1.807) is 13.3 Å². The van der Waals surface area contributed by atoms with Gasteiger partial charge in [-0.1, -0.05) is 13.3 Å². The fourth-order valence-electron chi connectivity index (χ4n) is 2.33. The van der Waals surface area contributed by atoms with Crippen LogP contribution in [0.3, 0.4) is 0 Å². The minimum atomic E-state index is -0.321. The van der Waals surface area contributed by atoms with Crippen LogP contribution in [0, 0.1) is 13.8 Å². The average molecular weight is 279 g/mol. The Morgan fingerprint density at radius 2 is 2.05 bits per heavy atom. The molecule has 4 nitrogen and oxygen atoms in total. The number of aromatic nitrogens is 1. The second-order valence-corrected chi connectivity index (χ2v) is 4.92. The summed E-state index contributed by atoms with van der Waals surface area (Å²) in [5.74, 6) is 0.904. The van der Waals surface area contributed by atoms with Crippen LogP contribution >= 0.6 is 0 Å². The highest BCUT2D eigenvalue weighted by Crippen LogP contribution is 2.24. The molecule has 0 saturated carbocycles. The summed E-state index contributed by atoms with van der Waals surface area (Å²) in [5, 5.41) is 0. The van der Waals surface area contributed by atoms with Gasteiger partial charge in [0.05, 0.1) is 19.2 Å². The van der Waals surface area contributed by atoms with Crippen LogP contribution < -0.4 is 4.74 Å². The van der Waals surface area contributed by atoms with Crippen LogP contribution in [0.25, 0.3) is 0 Å². The normalized spacial score (nSPS) is 12.2. The van der Waals surface area contributed by atoms with E-state index in [1.165, 1.54) is 0 Å². The second-order valence-electron chi connectivity index (χ2n) is 4.92. The smallest absolute Gasteiger partial charge is 0.167 e. The van der Waals surface area contributed by atoms with Crippen LogP contribution in [0.5, 0.6) is 5.75 Å². The summed E-state index contributed by atoms with van der Waals surface area (Å²) in [7, 11) is 1.64. The van der Waals surface area contributed by atoms with Crippen molar-refractivity contribution in [3.63, 3.8) is 0 Å². The van der Waals surface area contributed by atoms with Crippen molar-refractivity contribution in [2.75, 3.05) is 13.7 Å². The van der Waals surface area contributed by atoms with Gasteiger partial charge in [0, 0.05) is 23.9 Å². The standard InChI is InChI=1S/C16H25NO3/c1-6-8-15(20-7-2)14(18)9-13-12(4)16(19-5)11(3)10-17-13/h10,15H,6-9H2,1-5H3. The zero-order valence-corrected chi connectivity index (χ0v) is 13.2. The maximum Gasteiger partial charge on any atom is 0.167 e. The molecular weight excluding hydrogens is 254 g/mol. The third-order valence-electron chi connectivity index (χ3n) is 3.37. The summed E-state index contributed by atoms with van der Waals surface area (Å²) in [4.78, 5) is 16.7. The van der Waals surface area contributed by atoms with Crippen LogP contribution in [0.2, 0.25) is 0 Å². The molecule has 0 radical (unpaired) electrons. The first kappa shape index (κ1) is 16.6. The van der Waals surface area contributed by atoms with E-state index in [-0.39, 0.29) is 11.9 Å². The molecule has 0 bridgehead atoms. The highest BCUT2D eigenvalue weighted by molar-refractivity contribution is 5.85. The zero-order chi connectivity index (χ0) is 15.1. The molecule has 0 aliphatic heterocycles. The van der Waals surface area contributed by atoms with Gasteiger partial charge in [0.15, 0.2) is 5.78 Å². The van der Waals surface area contributed by atoms with Gasteiger partial charge in [0.2, 0.25) is 0 Å². The Morgan fingerprint density at radius 1 is 1.35 bits per heavy atom. The number of Topliss-reactive ketones (excluding diaryl/α,β-unsaturated/α-hetero) is 1. The van der Waals surface area contributed by atoms with E-state index in [4.69, 9.17) is 9.47 Å². The third kappa shape index (κ3) is 4.04. The number of ketones is 1. The fourth-order valence-corrected chi connectivity index (χ4v) is 2.33. The number of methoxy groups -OCH3 is 1. The lowest BCUT2D eigenvalue weighted by molar-refractivity contribution is -0.130. The highest BCUT2D eigenvalue weighted by atomic mass is 16.5. The van der Waals surface area contributed by atoms with Gasteiger partial charge in [-0.05, 0) is 27.2 Å². The molecule has 1 atom stereocenters. The summed E-state index contributed by atoms with van der Waals surface area (Å²) in [6, 6.07) is 0. The number of hydrogen-bond acceptors (Lipinski definition) is 4. The van der Waals surface area contributed by atoms with Gasteiger partial charge in [0.1, 0.15) is 11.9 Å². The number of carbonyl (C=O) groups excluding carboxylic acids is 1. The van der Waals surface area contributed by atoms with Gasteiger partial charge >= 0.3 is 0 Å². The van der Waals surface area contributed by atoms with Gasteiger partial charge in [0.25, 0.3) is 0 Å². The van der Waals surface area contributed by atoms with Gasteiger partial charge < -0.3 is 9.47 Å². The average Bonchev–Trinajstić information content (AvgIpc) is 2.42. The summed E-state index contributed by atoms with van der Waals surface area (Å²) in [6.45, 7) is 8.41. The minimum absolute atomic E-state index is 0.0928. The molecule has 0 saturated heterocycles. The van der Waals surface area contributed by atoms with Crippen molar-refractivity contribution in [1.82, 2.24) is 4.98 Å². The number of nitrogens with zero attached hydrogens (tertiary/aromatic N) is 1. The van der Waals surface area contributed by atoms with Crippen LogP contribution in [0.1, 0.15) is 43.5 Å². The molecule has 0 N–H and O–H groups in total.